The van der Waals surface area contributed by atoms with Crippen LogP contribution in [0.15, 0.2) is 24.3 Å². The van der Waals surface area contributed by atoms with Crippen LogP contribution in [-0.2, 0) is 0 Å². The number of nitrogens with zero attached hydrogens (tertiary/aromatic N) is 2. The molecule has 2 aliphatic rings. The Morgan fingerprint density at radius 2 is 1.80 bits per heavy atom. The van der Waals surface area contributed by atoms with Crippen molar-refractivity contribution in [2.75, 3.05) is 31.1 Å². The van der Waals surface area contributed by atoms with E-state index < -0.39 is 0 Å². The predicted octanol–water partition coefficient (Wildman–Crippen LogP) is 3.53. The number of anilines is 1. The summed E-state index contributed by atoms with van der Waals surface area (Å²) in [6, 6.07) is 7.91. The second-order valence-corrected chi connectivity index (χ2v) is 6.40. The van der Waals surface area contributed by atoms with Gasteiger partial charge in [0, 0.05) is 32.2 Å². The highest BCUT2D eigenvalue weighted by Crippen LogP contribution is 2.29. The highest BCUT2D eigenvalue weighted by atomic mass is 19.1. The Balaban J connectivity index is 1.58. The average Bonchev–Trinajstić information content (AvgIpc) is 2.48. The first kappa shape index (κ1) is 13.9. The normalized spacial score (nSPS) is 28.6. The topological polar surface area (TPSA) is 6.48 Å². The molecule has 1 aliphatic carbocycles. The third-order valence-corrected chi connectivity index (χ3v) is 4.93. The van der Waals surface area contributed by atoms with E-state index in [2.05, 4.69) is 16.7 Å². The Morgan fingerprint density at radius 1 is 1.05 bits per heavy atom. The summed E-state index contributed by atoms with van der Waals surface area (Å²) in [6.07, 6.45) is 5.47. The van der Waals surface area contributed by atoms with Gasteiger partial charge >= 0.3 is 0 Å². The fraction of sp³-hybridized carbons (Fsp3) is 0.647. The van der Waals surface area contributed by atoms with Crippen LogP contribution >= 0.6 is 0 Å². The summed E-state index contributed by atoms with van der Waals surface area (Å²) >= 11 is 0. The van der Waals surface area contributed by atoms with Crippen molar-refractivity contribution in [3.8, 4) is 0 Å². The molecule has 1 saturated heterocycles. The van der Waals surface area contributed by atoms with Crippen molar-refractivity contribution in [2.24, 2.45) is 5.92 Å². The monoisotopic (exact) mass is 276 g/mol. The van der Waals surface area contributed by atoms with Crippen LogP contribution in [0.5, 0.6) is 0 Å². The molecule has 0 amide bonds. The predicted molar refractivity (Wildman–Crippen MR) is 81.6 cm³/mol. The van der Waals surface area contributed by atoms with Gasteiger partial charge in [-0.15, -0.1) is 0 Å². The van der Waals surface area contributed by atoms with Gasteiger partial charge in [-0.1, -0.05) is 31.9 Å². The highest BCUT2D eigenvalue weighted by molar-refractivity contribution is 5.48. The van der Waals surface area contributed by atoms with E-state index in [-0.39, 0.29) is 5.82 Å². The van der Waals surface area contributed by atoms with Crippen LogP contribution in [-0.4, -0.2) is 37.1 Å². The minimum absolute atomic E-state index is 0.0905. The number of hydrogen-bond donors (Lipinski definition) is 0. The molecule has 2 atom stereocenters. The zero-order valence-corrected chi connectivity index (χ0v) is 12.4. The Kier molecular flexibility index (Phi) is 4.25. The number of halogens is 1. The van der Waals surface area contributed by atoms with E-state index in [0.717, 1.165) is 43.8 Å². The molecular formula is C17H25FN2. The molecule has 1 saturated carbocycles. The van der Waals surface area contributed by atoms with E-state index in [0.29, 0.717) is 0 Å². The van der Waals surface area contributed by atoms with Crippen LogP contribution in [0, 0.1) is 11.7 Å². The number of rotatable bonds is 2. The van der Waals surface area contributed by atoms with Crippen LogP contribution in [0.25, 0.3) is 0 Å². The summed E-state index contributed by atoms with van der Waals surface area (Å²) < 4.78 is 13.8. The number of benzene rings is 1. The molecule has 0 bridgehead atoms. The van der Waals surface area contributed by atoms with Crippen LogP contribution in [0.4, 0.5) is 10.1 Å². The van der Waals surface area contributed by atoms with Gasteiger partial charge in [0.05, 0.1) is 5.69 Å². The van der Waals surface area contributed by atoms with Crippen molar-refractivity contribution in [1.82, 2.24) is 4.90 Å². The Hall–Kier alpha value is -1.09. The molecule has 2 fully saturated rings. The van der Waals surface area contributed by atoms with E-state index >= 15 is 0 Å². The van der Waals surface area contributed by atoms with Gasteiger partial charge in [-0.3, -0.25) is 4.90 Å². The van der Waals surface area contributed by atoms with Crippen molar-refractivity contribution < 1.29 is 4.39 Å². The third kappa shape index (κ3) is 2.98. The summed E-state index contributed by atoms with van der Waals surface area (Å²) in [5.41, 5.74) is 0.768. The zero-order valence-electron chi connectivity index (χ0n) is 12.4. The lowest BCUT2D eigenvalue weighted by molar-refractivity contribution is 0.127. The zero-order chi connectivity index (χ0) is 13.9. The molecule has 110 valence electrons. The number of hydrogen-bond acceptors (Lipinski definition) is 2. The van der Waals surface area contributed by atoms with Crippen molar-refractivity contribution in [3.05, 3.63) is 30.1 Å². The van der Waals surface area contributed by atoms with Gasteiger partial charge in [0.15, 0.2) is 0 Å². The molecular weight excluding hydrogens is 251 g/mol. The minimum atomic E-state index is -0.0905. The summed E-state index contributed by atoms with van der Waals surface area (Å²) in [5.74, 6) is 0.783. The van der Waals surface area contributed by atoms with Gasteiger partial charge in [0.2, 0.25) is 0 Å². The standard InChI is InChI=1S/C17H25FN2/c1-14-5-4-6-15(13-14)19-9-11-20(12-10-19)17-8-3-2-7-16(17)18/h2-3,7-8,14-15H,4-6,9-13H2,1H3/t14-,15+/m1/s1. The van der Waals surface area contributed by atoms with Gasteiger partial charge < -0.3 is 4.90 Å². The molecule has 0 unspecified atom stereocenters. The van der Waals surface area contributed by atoms with Crippen LogP contribution in [0.3, 0.4) is 0 Å². The van der Waals surface area contributed by atoms with Gasteiger partial charge in [-0.05, 0) is 30.9 Å². The van der Waals surface area contributed by atoms with Crippen molar-refractivity contribution >= 4 is 5.69 Å². The summed E-state index contributed by atoms with van der Waals surface area (Å²) in [7, 11) is 0. The fourth-order valence-corrected chi connectivity index (χ4v) is 3.77. The molecule has 2 nitrogen and oxygen atoms in total. The molecule has 3 heteroatoms. The number of piperazine rings is 1. The molecule has 0 aromatic heterocycles. The lowest BCUT2D eigenvalue weighted by Gasteiger charge is -2.42. The Bertz CT molecular complexity index is 440. The maximum atomic E-state index is 13.8. The Labute approximate surface area is 121 Å². The number of para-hydroxylation sites is 1. The van der Waals surface area contributed by atoms with Crippen LogP contribution in [0.1, 0.15) is 32.6 Å². The molecule has 1 aromatic rings. The van der Waals surface area contributed by atoms with E-state index in [1.807, 2.05) is 12.1 Å². The smallest absolute Gasteiger partial charge is 0.146 e. The minimum Gasteiger partial charge on any atom is -0.367 e. The van der Waals surface area contributed by atoms with Gasteiger partial charge in [-0.2, -0.15) is 0 Å². The first-order chi connectivity index (χ1) is 9.74. The van der Waals surface area contributed by atoms with Crippen molar-refractivity contribution in [3.63, 3.8) is 0 Å². The molecule has 3 rings (SSSR count). The molecule has 0 spiro atoms. The maximum Gasteiger partial charge on any atom is 0.146 e. The van der Waals surface area contributed by atoms with Crippen LogP contribution < -0.4 is 4.90 Å². The highest BCUT2D eigenvalue weighted by Gasteiger charge is 2.28. The average molecular weight is 276 g/mol. The van der Waals surface area contributed by atoms with Crippen LogP contribution in [0.2, 0.25) is 0 Å². The first-order valence-electron chi connectivity index (χ1n) is 7.97. The molecule has 1 heterocycles. The lowest BCUT2D eigenvalue weighted by Crippen LogP contribution is -2.51. The Morgan fingerprint density at radius 3 is 2.50 bits per heavy atom. The van der Waals surface area contributed by atoms with Gasteiger partial charge in [-0.25, -0.2) is 4.39 Å². The molecule has 1 aliphatic heterocycles. The molecule has 1 aromatic carbocycles. The van der Waals surface area contributed by atoms with E-state index in [4.69, 9.17) is 0 Å². The second kappa shape index (κ2) is 6.13. The van der Waals surface area contributed by atoms with E-state index in [1.54, 1.807) is 12.1 Å². The molecule has 0 N–H and O–H groups in total. The third-order valence-electron chi connectivity index (χ3n) is 4.93. The first-order valence-corrected chi connectivity index (χ1v) is 7.97. The largest absolute Gasteiger partial charge is 0.367 e. The van der Waals surface area contributed by atoms with Gasteiger partial charge in [0.1, 0.15) is 5.82 Å². The molecule has 0 radical (unpaired) electrons. The van der Waals surface area contributed by atoms with Crippen molar-refractivity contribution in [2.45, 2.75) is 38.6 Å². The van der Waals surface area contributed by atoms with Gasteiger partial charge in [0.25, 0.3) is 0 Å². The van der Waals surface area contributed by atoms with E-state index in [1.165, 1.54) is 25.7 Å². The summed E-state index contributed by atoms with van der Waals surface area (Å²) in [4.78, 5) is 4.82. The fourth-order valence-electron chi connectivity index (χ4n) is 3.77. The summed E-state index contributed by atoms with van der Waals surface area (Å²) in [5, 5.41) is 0. The quantitative estimate of drug-likeness (QED) is 0.815. The maximum absolute atomic E-state index is 13.8. The van der Waals surface area contributed by atoms with Crippen molar-refractivity contribution in [1.29, 1.82) is 0 Å². The SMILES string of the molecule is C[C@@H]1CCC[C@H](N2CCN(c3ccccc3F)CC2)C1. The second-order valence-electron chi connectivity index (χ2n) is 6.40. The summed E-state index contributed by atoms with van der Waals surface area (Å²) in [6.45, 7) is 6.43. The van der Waals surface area contributed by atoms with E-state index in [9.17, 15) is 4.39 Å². The molecule has 20 heavy (non-hydrogen) atoms. The lowest BCUT2D eigenvalue weighted by atomic mass is 9.86.